The number of carbonyl (C=O) groups excluding carboxylic acids is 2. The van der Waals surface area contributed by atoms with Crippen LogP contribution in [0, 0.1) is 6.92 Å². The van der Waals surface area contributed by atoms with Crippen LogP contribution in [0.3, 0.4) is 0 Å². The number of aliphatic imine (C=N–C) groups is 1. The Kier molecular flexibility index (Phi) is 5.40. The van der Waals surface area contributed by atoms with Crippen molar-refractivity contribution in [2.45, 2.75) is 20.4 Å². The Balaban J connectivity index is 1.62. The van der Waals surface area contributed by atoms with Crippen molar-refractivity contribution >= 4 is 28.9 Å². The van der Waals surface area contributed by atoms with Crippen molar-refractivity contribution in [2.75, 3.05) is 26.2 Å². The second kappa shape index (κ2) is 7.90. The molecule has 1 aliphatic heterocycles. The monoisotopic (exact) mass is 357 g/mol. The van der Waals surface area contributed by atoms with E-state index in [-0.39, 0.29) is 18.5 Å². The van der Waals surface area contributed by atoms with Gasteiger partial charge >= 0.3 is 6.03 Å². The van der Waals surface area contributed by atoms with Gasteiger partial charge in [0.15, 0.2) is 5.96 Å². The second-order valence-electron chi connectivity index (χ2n) is 5.97. The highest BCUT2D eigenvalue weighted by molar-refractivity contribution is 6.01. The molecule has 0 atom stereocenters. The molecule has 8 heteroatoms. The summed E-state index contributed by atoms with van der Waals surface area (Å²) in [4.78, 5) is 28.8. The maximum absolute atomic E-state index is 11.6. The molecule has 26 heavy (non-hydrogen) atoms. The van der Waals surface area contributed by atoms with E-state index in [2.05, 4.69) is 20.9 Å². The summed E-state index contributed by atoms with van der Waals surface area (Å²) in [5.41, 5.74) is 1.94. The average Bonchev–Trinajstić information content (AvgIpc) is 3.13. The zero-order valence-electron chi connectivity index (χ0n) is 15.0. The van der Waals surface area contributed by atoms with Gasteiger partial charge in [0, 0.05) is 30.6 Å². The predicted octanol–water partition coefficient (Wildman–Crippen LogP) is 1.35. The molecule has 3 N–H and O–H groups in total. The Morgan fingerprint density at radius 2 is 2.12 bits per heavy atom. The molecule has 1 aromatic carbocycles. The highest BCUT2D eigenvalue weighted by atomic mass is 16.3. The molecule has 0 bridgehead atoms. The SMILES string of the molecule is CCNC(=NCc1oc2ccccc2c1C)NCCN1C(=O)CNC1=O. The lowest BCUT2D eigenvalue weighted by Crippen LogP contribution is -2.43. The molecule has 3 amide bonds. The van der Waals surface area contributed by atoms with Crippen LogP contribution < -0.4 is 16.0 Å². The molecule has 2 heterocycles. The van der Waals surface area contributed by atoms with E-state index in [1.807, 2.05) is 38.1 Å². The van der Waals surface area contributed by atoms with Gasteiger partial charge in [0.2, 0.25) is 5.91 Å². The van der Waals surface area contributed by atoms with Crippen molar-refractivity contribution in [3.05, 3.63) is 35.6 Å². The number of guanidine groups is 1. The number of aryl methyl sites for hydroxylation is 1. The minimum absolute atomic E-state index is 0.0678. The summed E-state index contributed by atoms with van der Waals surface area (Å²) < 4.78 is 5.87. The van der Waals surface area contributed by atoms with Crippen LogP contribution in [-0.4, -0.2) is 49.0 Å². The van der Waals surface area contributed by atoms with E-state index in [1.165, 1.54) is 4.90 Å². The van der Waals surface area contributed by atoms with Crippen molar-refractivity contribution in [3.8, 4) is 0 Å². The van der Waals surface area contributed by atoms with Crippen molar-refractivity contribution < 1.29 is 14.0 Å². The summed E-state index contributed by atoms with van der Waals surface area (Å²) in [5, 5.41) is 9.87. The lowest BCUT2D eigenvalue weighted by Gasteiger charge is -2.15. The molecule has 8 nitrogen and oxygen atoms in total. The lowest BCUT2D eigenvalue weighted by atomic mass is 10.1. The van der Waals surface area contributed by atoms with E-state index in [9.17, 15) is 9.59 Å². The summed E-state index contributed by atoms with van der Waals surface area (Å²) in [5.74, 6) is 1.22. The van der Waals surface area contributed by atoms with Crippen LogP contribution in [0.1, 0.15) is 18.2 Å². The van der Waals surface area contributed by atoms with Crippen LogP contribution in [0.5, 0.6) is 0 Å². The normalized spacial score (nSPS) is 14.8. The summed E-state index contributed by atoms with van der Waals surface area (Å²) in [6.45, 7) is 5.88. The number of imide groups is 1. The number of hydrogen-bond acceptors (Lipinski definition) is 4. The number of benzene rings is 1. The highest BCUT2D eigenvalue weighted by Gasteiger charge is 2.27. The molecule has 1 aromatic heterocycles. The molecule has 1 saturated heterocycles. The van der Waals surface area contributed by atoms with Gasteiger partial charge in [-0.25, -0.2) is 9.79 Å². The number of fused-ring (bicyclic) bond motifs is 1. The molecule has 0 aliphatic carbocycles. The van der Waals surface area contributed by atoms with Crippen LogP contribution in [0.15, 0.2) is 33.7 Å². The summed E-state index contributed by atoms with van der Waals surface area (Å²) >= 11 is 0. The van der Waals surface area contributed by atoms with Crippen molar-refractivity contribution in [3.63, 3.8) is 0 Å². The van der Waals surface area contributed by atoms with E-state index in [4.69, 9.17) is 4.42 Å². The van der Waals surface area contributed by atoms with Gasteiger partial charge < -0.3 is 20.4 Å². The predicted molar refractivity (Wildman–Crippen MR) is 98.9 cm³/mol. The van der Waals surface area contributed by atoms with E-state index in [0.29, 0.717) is 32.1 Å². The number of urea groups is 1. The third-order valence-electron chi connectivity index (χ3n) is 4.23. The number of carbonyl (C=O) groups is 2. The van der Waals surface area contributed by atoms with Crippen LogP contribution in [-0.2, 0) is 11.3 Å². The standard InChI is InChI=1S/C18H23N5O3/c1-3-19-17(20-8-9-23-16(24)11-22-18(23)25)21-10-15-12(2)13-6-4-5-7-14(13)26-15/h4-7H,3,8-11H2,1-2H3,(H,22,25)(H2,19,20,21). The van der Waals surface area contributed by atoms with Crippen LogP contribution in [0.2, 0.25) is 0 Å². The molecule has 1 aliphatic rings. The molecular weight excluding hydrogens is 334 g/mol. The number of para-hydroxylation sites is 1. The number of nitrogens with zero attached hydrogens (tertiary/aromatic N) is 2. The number of furan rings is 1. The average molecular weight is 357 g/mol. The van der Waals surface area contributed by atoms with Gasteiger partial charge in [0.05, 0.1) is 6.54 Å². The fraction of sp³-hybridized carbons (Fsp3) is 0.389. The first-order chi connectivity index (χ1) is 12.6. The number of amides is 3. The molecule has 2 aromatic rings. The Bertz CT molecular complexity index is 826. The zero-order chi connectivity index (χ0) is 18.5. The van der Waals surface area contributed by atoms with E-state index in [0.717, 1.165) is 22.3 Å². The molecule has 138 valence electrons. The van der Waals surface area contributed by atoms with Crippen LogP contribution in [0.25, 0.3) is 11.0 Å². The van der Waals surface area contributed by atoms with E-state index >= 15 is 0 Å². The first-order valence-electron chi connectivity index (χ1n) is 8.67. The molecule has 0 radical (unpaired) electrons. The first-order valence-corrected chi connectivity index (χ1v) is 8.67. The Hall–Kier alpha value is -3.03. The summed E-state index contributed by atoms with van der Waals surface area (Å²) in [7, 11) is 0. The van der Waals surface area contributed by atoms with Gasteiger partial charge in [-0.1, -0.05) is 18.2 Å². The van der Waals surface area contributed by atoms with Gasteiger partial charge in [0.25, 0.3) is 0 Å². The molecule has 0 unspecified atom stereocenters. The maximum Gasteiger partial charge on any atom is 0.324 e. The Morgan fingerprint density at radius 1 is 1.31 bits per heavy atom. The molecule has 3 rings (SSSR count). The van der Waals surface area contributed by atoms with Gasteiger partial charge in [-0.2, -0.15) is 0 Å². The molecule has 0 spiro atoms. The Morgan fingerprint density at radius 3 is 2.81 bits per heavy atom. The van der Waals surface area contributed by atoms with E-state index in [1.54, 1.807) is 0 Å². The zero-order valence-corrected chi connectivity index (χ0v) is 15.0. The van der Waals surface area contributed by atoms with Crippen molar-refractivity contribution in [1.29, 1.82) is 0 Å². The number of hydrogen-bond donors (Lipinski definition) is 3. The third kappa shape index (κ3) is 3.79. The van der Waals surface area contributed by atoms with Gasteiger partial charge in [-0.05, 0) is 19.9 Å². The Labute approximate surface area is 151 Å². The molecule has 0 saturated carbocycles. The van der Waals surface area contributed by atoms with E-state index < -0.39 is 0 Å². The van der Waals surface area contributed by atoms with Gasteiger partial charge in [0.1, 0.15) is 17.9 Å². The summed E-state index contributed by atoms with van der Waals surface area (Å²) in [6.07, 6.45) is 0. The topological polar surface area (TPSA) is 99.0 Å². The minimum atomic E-state index is -0.350. The van der Waals surface area contributed by atoms with Gasteiger partial charge in [-0.3, -0.25) is 9.69 Å². The molecule has 1 fully saturated rings. The highest BCUT2D eigenvalue weighted by Crippen LogP contribution is 2.25. The van der Waals surface area contributed by atoms with Crippen molar-refractivity contribution in [1.82, 2.24) is 20.9 Å². The largest absolute Gasteiger partial charge is 0.459 e. The maximum atomic E-state index is 11.6. The second-order valence-corrected chi connectivity index (χ2v) is 5.97. The number of rotatable bonds is 6. The molecular formula is C18H23N5O3. The van der Waals surface area contributed by atoms with Crippen LogP contribution >= 0.6 is 0 Å². The van der Waals surface area contributed by atoms with Crippen LogP contribution in [0.4, 0.5) is 4.79 Å². The fourth-order valence-corrected chi connectivity index (χ4v) is 2.84. The minimum Gasteiger partial charge on any atom is -0.459 e. The first kappa shape index (κ1) is 17.8. The third-order valence-corrected chi connectivity index (χ3v) is 4.23. The van der Waals surface area contributed by atoms with Crippen molar-refractivity contribution in [2.24, 2.45) is 4.99 Å². The van der Waals surface area contributed by atoms with Gasteiger partial charge in [-0.15, -0.1) is 0 Å². The summed E-state index contributed by atoms with van der Waals surface area (Å²) in [6, 6.07) is 7.55. The quantitative estimate of drug-likeness (QED) is 0.412. The smallest absolute Gasteiger partial charge is 0.324 e. The lowest BCUT2D eigenvalue weighted by molar-refractivity contribution is -0.124. The fourth-order valence-electron chi connectivity index (χ4n) is 2.84. The number of nitrogens with one attached hydrogen (secondary N) is 3.